The molecule has 0 aliphatic carbocycles. The van der Waals surface area contributed by atoms with E-state index in [-0.39, 0.29) is 24.8 Å². The molecule has 1 heterocycles. The van der Waals surface area contributed by atoms with Gasteiger partial charge in [0.2, 0.25) is 0 Å². The van der Waals surface area contributed by atoms with Gasteiger partial charge in [-0.25, -0.2) is 0 Å². The topological polar surface area (TPSA) is 86.7 Å². The summed E-state index contributed by atoms with van der Waals surface area (Å²) in [6.45, 7) is 3.34. The summed E-state index contributed by atoms with van der Waals surface area (Å²) in [6.07, 6.45) is 11.1. The van der Waals surface area contributed by atoms with E-state index in [1.165, 1.54) is 49.8 Å². The maximum Gasteiger partial charge on any atom is 0.303 e. The molecule has 0 bridgehead atoms. The number of imide groups is 1. The van der Waals surface area contributed by atoms with Crippen molar-refractivity contribution < 1.29 is 19.5 Å². The molecule has 0 aromatic heterocycles. The van der Waals surface area contributed by atoms with Gasteiger partial charge in [0.1, 0.15) is 0 Å². The van der Waals surface area contributed by atoms with Crippen molar-refractivity contribution in [1.82, 2.24) is 4.90 Å². The van der Waals surface area contributed by atoms with E-state index in [2.05, 4.69) is 12.2 Å². The highest BCUT2D eigenvalue weighted by molar-refractivity contribution is 6.26. The lowest BCUT2D eigenvalue weighted by Crippen LogP contribution is -2.40. The van der Waals surface area contributed by atoms with Crippen LogP contribution in [0.1, 0.15) is 98.3 Å². The number of rotatable bonds is 15. The fourth-order valence-corrected chi connectivity index (χ4v) is 4.53. The molecule has 2 amide bonds. The number of anilines is 1. The maximum absolute atomic E-state index is 13.0. The summed E-state index contributed by atoms with van der Waals surface area (Å²) in [6, 6.07) is 9.33. The Hall–Kier alpha value is -2.89. The Morgan fingerprint density at radius 2 is 1.52 bits per heavy atom. The molecule has 0 atom stereocenters. The molecular weight excluding hydrogens is 416 g/mol. The fourth-order valence-electron chi connectivity index (χ4n) is 4.53. The van der Waals surface area contributed by atoms with Gasteiger partial charge in [-0.15, -0.1) is 0 Å². The zero-order valence-corrected chi connectivity index (χ0v) is 19.7. The standard InChI is InChI=1S/C27H36N2O4/c1-2-3-4-5-6-7-8-10-18-28-23-17-16-22-25-20(23)13-12-14-21(25)26(32)29(27(22)33)19-11-9-15-24(30)31/h12-14,16-17,28H,2-11,15,18-19H2,1H3,(H,30,31). The molecule has 2 N–H and O–H groups in total. The second-order valence-electron chi connectivity index (χ2n) is 8.90. The Morgan fingerprint density at radius 3 is 2.21 bits per heavy atom. The van der Waals surface area contributed by atoms with Gasteiger partial charge in [0.05, 0.1) is 0 Å². The quantitative estimate of drug-likeness (QED) is 0.247. The molecule has 0 saturated carbocycles. The van der Waals surface area contributed by atoms with Crippen molar-refractivity contribution in [3.05, 3.63) is 41.5 Å². The average molecular weight is 453 g/mol. The Morgan fingerprint density at radius 1 is 0.848 bits per heavy atom. The van der Waals surface area contributed by atoms with Crippen LogP contribution in [-0.4, -0.2) is 40.9 Å². The van der Waals surface area contributed by atoms with Crippen molar-refractivity contribution in [2.75, 3.05) is 18.4 Å². The van der Waals surface area contributed by atoms with Gasteiger partial charge in [-0.05, 0) is 37.5 Å². The first-order chi connectivity index (χ1) is 16.0. The van der Waals surface area contributed by atoms with Crippen LogP contribution in [0, 0.1) is 0 Å². The van der Waals surface area contributed by atoms with Gasteiger partial charge in [0.25, 0.3) is 11.8 Å². The predicted molar refractivity (Wildman–Crippen MR) is 132 cm³/mol. The number of amides is 2. The van der Waals surface area contributed by atoms with Crippen LogP contribution in [0.15, 0.2) is 30.3 Å². The van der Waals surface area contributed by atoms with Crippen molar-refractivity contribution in [2.24, 2.45) is 0 Å². The molecular formula is C27H36N2O4. The van der Waals surface area contributed by atoms with E-state index in [0.717, 1.165) is 29.4 Å². The van der Waals surface area contributed by atoms with Crippen molar-refractivity contribution in [3.8, 4) is 0 Å². The minimum atomic E-state index is -0.867. The molecule has 0 radical (unpaired) electrons. The summed E-state index contributed by atoms with van der Waals surface area (Å²) < 4.78 is 0. The number of benzene rings is 2. The van der Waals surface area contributed by atoms with Crippen LogP contribution in [0.2, 0.25) is 0 Å². The highest BCUT2D eigenvalue weighted by Gasteiger charge is 2.32. The zero-order valence-electron chi connectivity index (χ0n) is 19.7. The first-order valence-corrected chi connectivity index (χ1v) is 12.4. The van der Waals surface area contributed by atoms with Crippen molar-refractivity contribution >= 4 is 34.2 Å². The van der Waals surface area contributed by atoms with E-state index < -0.39 is 5.97 Å². The molecule has 1 aliphatic rings. The van der Waals surface area contributed by atoms with Crippen LogP contribution >= 0.6 is 0 Å². The van der Waals surface area contributed by atoms with Gasteiger partial charge in [-0.2, -0.15) is 0 Å². The van der Waals surface area contributed by atoms with E-state index in [1.807, 2.05) is 18.2 Å². The van der Waals surface area contributed by atoms with Crippen molar-refractivity contribution in [1.29, 1.82) is 0 Å². The third-order valence-electron chi connectivity index (χ3n) is 6.36. The smallest absolute Gasteiger partial charge is 0.303 e. The number of carbonyl (C=O) groups excluding carboxylic acids is 2. The van der Waals surface area contributed by atoms with Crippen LogP contribution in [0.3, 0.4) is 0 Å². The summed E-state index contributed by atoms with van der Waals surface area (Å²) in [5.74, 6) is -1.46. The first-order valence-electron chi connectivity index (χ1n) is 12.4. The van der Waals surface area contributed by atoms with Gasteiger partial charge >= 0.3 is 5.97 Å². The van der Waals surface area contributed by atoms with E-state index in [0.29, 0.717) is 24.0 Å². The first kappa shape index (κ1) is 24.7. The molecule has 0 spiro atoms. The number of aliphatic carboxylic acids is 1. The van der Waals surface area contributed by atoms with E-state index in [1.54, 1.807) is 12.1 Å². The number of carbonyl (C=O) groups is 3. The third kappa shape index (κ3) is 6.34. The molecule has 0 unspecified atom stereocenters. The lowest BCUT2D eigenvalue weighted by molar-refractivity contribution is -0.137. The third-order valence-corrected chi connectivity index (χ3v) is 6.36. The van der Waals surface area contributed by atoms with Crippen LogP contribution < -0.4 is 5.32 Å². The Balaban J connectivity index is 1.61. The van der Waals surface area contributed by atoms with E-state index in [4.69, 9.17) is 5.11 Å². The molecule has 6 heteroatoms. The number of unbranched alkanes of at least 4 members (excludes halogenated alkanes) is 8. The number of nitrogens with one attached hydrogen (secondary N) is 1. The second-order valence-corrected chi connectivity index (χ2v) is 8.90. The predicted octanol–water partition coefficient (Wildman–Crippen LogP) is 6.24. The minimum Gasteiger partial charge on any atom is -0.481 e. The molecule has 33 heavy (non-hydrogen) atoms. The Kier molecular flexibility index (Phi) is 9.28. The normalized spacial score (nSPS) is 13.1. The van der Waals surface area contributed by atoms with Gasteiger partial charge in [0.15, 0.2) is 0 Å². The van der Waals surface area contributed by atoms with Crippen LogP contribution in [0.5, 0.6) is 0 Å². The molecule has 178 valence electrons. The van der Waals surface area contributed by atoms with Gasteiger partial charge < -0.3 is 10.4 Å². The number of hydrogen-bond acceptors (Lipinski definition) is 4. The highest BCUT2D eigenvalue weighted by atomic mass is 16.4. The second kappa shape index (κ2) is 12.4. The Labute approximate surface area is 196 Å². The van der Waals surface area contributed by atoms with Crippen molar-refractivity contribution in [2.45, 2.75) is 77.6 Å². The summed E-state index contributed by atoms with van der Waals surface area (Å²) >= 11 is 0. The maximum atomic E-state index is 13.0. The fraction of sp³-hybridized carbons (Fsp3) is 0.519. The Bertz CT molecular complexity index is 963. The van der Waals surface area contributed by atoms with Gasteiger partial charge in [0, 0.05) is 47.1 Å². The summed E-state index contributed by atoms with van der Waals surface area (Å²) in [4.78, 5) is 38.1. The molecule has 6 nitrogen and oxygen atoms in total. The SMILES string of the molecule is CCCCCCCCCCNc1ccc2c3c(cccc13)C(=O)N(CCCCC(=O)O)C2=O. The number of nitrogens with zero attached hydrogens (tertiary/aromatic N) is 1. The van der Waals surface area contributed by atoms with Gasteiger partial charge in [-0.1, -0.05) is 64.0 Å². The van der Waals surface area contributed by atoms with Gasteiger partial charge in [-0.3, -0.25) is 19.3 Å². The monoisotopic (exact) mass is 452 g/mol. The highest BCUT2D eigenvalue weighted by Crippen LogP contribution is 2.34. The number of carboxylic acids is 1. The molecule has 3 rings (SSSR count). The van der Waals surface area contributed by atoms with E-state index >= 15 is 0 Å². The summed E-state index contributed by atoms with van der Waals surface area (Å²) in [7, 11) is 0. The minimum absolute atomic E-state index is 0.0380. The lowest BCUT2D eigenvalue weighted by atomic mass is 9.92. The van der Waals surface area contributed by atoms with Crippen LogP contribution in [0.4, 0.5) is 5.69 Å². The van der Waals surface area contributed by atoms with Crippen LogP contribution in [0.25, 0.3) is 10.8 Å². The molecule has 2 aromatic rings. The number of carboxylic acid groups (broad SMARTS) is 1. The van der Waals surface area contributed by atoms with Crippen LogP contribution in [-0.2, 0) is 4.79 Å². The lowest BCUT2D eigenvalue weighted by Gasteiger charge is -2.28. The van der Waals surface area contributed by atoms with E-state index in [9.17, 15) is 14.4 Å². The summed E-state index contributed by atoms with van der Waals surface area (Å²) in [5, 5.41) is 13.9. The number of hydrogen-bond donors (Lipinski definition) is 2. The summed E-state index contributed by atoms with van der Waals surface area (Å²) in [5.41, 5.74) is 2.03. The molecule has 1 aliphatic heterocycles. The average Bonchev–Trinajstić information content (AvgIpc) is 2.81. The molecule has 2 aromatic carbocycles. The zero-order chi connectivity index (χ0) is 23.6. The molecule has 0 saturated heterocycles. The van der Waals surface area contributed by atoms with Crippen molar-refractivity contribution in [3.63, 3.8) is 0 Å². The molecule has 0 fully saturated rings. The largest absolute Gasteiger partial charge is 0.481 e.